The first-order valence-corrected chi connectivity index (χ1v) is 9.20. The first-order chi connectivity index (χ1) is 9.86. The van der Waals surface area contributed by atoms with Crippen molar-refractivity contribution in [2.75, 3.05) is 6.26 Å². The molecule has 20 heavy (non-hydrogen) atoms. The summed E-state index contributed by atoms with van der Waals surface area (Å²) in [4.78, 5) is 0. The van der Waals surface area contributed by atoms with E-state index in [9.17, 15) is 0 Å². The Hall–Kier alpha value is -0.940. The predicted octanol–water partition coefficient (Wildman–Crippen LogP) is 4.49. The molecule has 0 spiro atoms. The van der Waals surface area contributed by atoms with Crippen molar-refractivity contribution in [2.24, 2.45) is 0 Å². The Kier molecular flexibility index (Phi) is 4.68. The van der Waals surface area contributed by atoms with Gasteiger partial charge in [0.1, 0.15) is 0 Å². The first kappa shape index (κ1) is 14.0. The van der Waals surface area contributed by atoms with Crippen molar-refractivity contribution < 1.29 is 4.42 Å². The number of rotatable bonds is 4. The van der Waals surface area contributed by atoms with Gasteiger partial charge in [0.05, 0.1) is 5.75 Å². The third-order valence-electron chi connectivity index (χ3n) is 3.52. The second kappa shape index (κ2) is 6.68. The number of benzene rings is 1. The van der Waals surface area contributed by atoms with Crippen LogP contribution in [0.4, 0.5) is 0 Å². The monoisotopic (exact) mass is 306 g/mol. The zero-order valence-corrected chi connectivity index (χ0v) is 13.2. The zero-order chi connectivity index (χ0) is 13.8. The van der Waals surface area contributed by atoms with Crippen molar-refractivity contribution in [3.05, 3.63) is 41.3 Å². The van der Waals surface area contributed by atoms with Gasteiger partial charge in [-0.05, 0) is 36.6 Å². The number of hydrogen-bond acceptors (Lipinski definition) is 5. The molecule has 0 unspecified atom stereocenters. The summed E-state index contributed by atoms with van der Waals surface area (Å²) < 4.78 is 5.70. The summed E-state index contributed by atoms with van der Waals surface area (Å²) in [6, 6.07) is 8.76. The average molecular weight is 306 g/mol. The molecule has 3 nitrogen and oxygen atoms in total. The molecule has 0 saturated carbocycles. The van der Waals surface area contributed by atoms with Gasteiger partial charge >= 0.3 is 0 Å². The summed E-state index contributed by atoms with van der Waals surface area (Å²) in [6.07, 6.45) is 6.95. The molecule has 1 atom stereocenters. The third kappa shape index (κ3) is 3.20. The molecule has 0 N–H and O–H groups in total. The van der Waals surface area contributed by atoms with Crippen molar-refractivity contribution in [1.29, 1.82) is 0 Å². The van der Waals surface area contributed by atoms with E-state index in [-0.39, 0.29) is 0 Å². The van der Waals surface area contributed by atoms with Crippen LogP contribution in [-0.4, -0.2) is 16.5 Å². The Balaban J connectivity index is 1.79. The van der Waals surface area contributed by atoms with Crippen LogP contribution in [0, 0.1) is 0 Å². The van der Waals surface area contributed by atoms with Gasteiger partial charge in [-0.25, -0.2) is 0 Å². The van der Waals surface area contributed by atoms with Crippen LogP contribution in [0.1, 0.15) is 41.5 Å². The lowest BCUT2D eigenvalue weighted by molar-refractivity contribution is 0.425. The van der Waals surface area contributed by atoms with E-state index in [1.807, 2.05) is 6.26 Å². The van der Waals surface area contributed by atoms with Crippen LogP contribution in [0.3, 0.4) is 0 Å². The molecule has 0 amide bonds. The van der Waals surface area contributed by atoms with Gasteiger partial charge in [-0.15, -0.1) is 10.2 Å². The maximum Gasteiger partial charge on any atom is 0.277 e. The number of thioether (sulfide) groups is 2. The molecule has 0 bridgehead atoms. The Bertz CT molecular complexity index is 571. The van der Waals surface area contributed by atoms with Gasteiger partial charge in [-0.3, -0.25) is 0 Å². The average Bonchev–Trinajstić information content (AvgIpc) is 2.80. The summed E-state index contributed by atoms with van der Waals surface area (Å²) in [6.45, 7) is 0. The first-order valence-electron chi connectivity index (χ1n) is 6.92. The molecule has 5 heteroatoms. The molecule has 0 saturated heterocycles. The number of nitrogens with zero attached hydrogens (tertiary/aromatic N) is 2. The van der Waals surface area contributed by atoms with E-state index in [1.54, 1.807) is 23.5 Å². The van der Waals surface area contributed by atoms with Crippen LogP contribution in [0.2, 0.25) is 0 Å². The molecule has 1 aromatic heterocycles. The van der Waals surface area contributed by atoms with E-state index in [1.165, 1.54) is 36.8 Å². The molecule has 1 heterocycles. The molecule has 0 radical (unpaired) electrons. The van der Waals surface area contributed by atoms with Crippen LogP contribution in [0.15, 0.2) is 33.9 Å². The highest BCUT2D eigenvalue weighted by Gasteiger charge is 2.21. The van der Waals surface area contributed by atoms with E-state index in [0.717, 1.165) is 11.6 Å². The van der Waals surface area contributed by atoms with E-state index >= 15 is 0 Å². The Morgan fingerprint density at radius 1 is 1.25 bits per heavy atom. The number of aromatic nitrogens is 2. The summed E-state index contributed by atoms with van der Waals surface area (Å²) in [5.74, 6) is 1.51. The topological polar surface area (TPSA) is 38.9 Å². The van der Waals surface area contributed by atoms with Gasteiger partial charge in [0.25, 0.3) is 5.22 Å². The largest absolute Gasteiger partial charge is 0.415 e. The van der Waals surface area contributed by atoms with Gasteiger partial charge in [-0.1, -0.05) is 42.4 Å². The molecule has 2 aromatic rings. The lowest BCUT2D eigenvalue weighted by Gasteiger charge is -2.14. The highest BCUT2D eigenvalue weighted by Crippen LogP contribution is 2.41. The molecule has 106 valence electrons. The van der Waals surface area contributed by atoms with Crippen LogP contribution >= 0.6 is 23.5 Å². The minimum Gasteiger partial charge on any atom is -0.415 e. The molecule has 3 rings (SSSR count). The number of hydrogen-bond donors (Lipinski definition) is 0. The normalized spacial score (nSPS) is 18.6. The highest BCUT2D eigenvalue weighted by molar-refractivity contribution is 7.99. The van der Waals surface area contributed by atoms with Crippen molar-refractivity contribution in [3.8, 4) is 0 Å². The second-order valence-electron chi connectivity index (χ2n) is 4.95. The smallest absolute Gasteiger partial charge is 0.277 e. The van der Waals surface area contributed by atoms with Gasteiger partial charge in [0.2, 0.25) is 5.89 Å². The fraction of sp³-hybridized carbons (Fsp3) is 0.467. The third-order valence-corrected chi connectivity index (χ3v) is 5.20. The van der Waals surface area contributed by atoms with Crippen molar-refractivity contribution in [2.45, 2.75) is 41.9 Å². The van der Waals surface area contributed by atoms with E-state index < -0.39 is 0 Å². The minimum absolute atomic E-state index is 0.441. The Labute approximate surface area is 127 Å². The van der Waals surface area contributed by atoms with Crippen molar-refractivity contribution >= 4 is 23.5 Å². The van der Waals surface area contributed by atoms with Crippen LogP contribution < -0.4 is 0 Å². The highest BCUT2D eigenvalue weighted by atomic mass is 32.2. The van der Waals surface area contributed by atoms with Crippen molar-refractivity contribution in [3.63, 3.8) is 0 Å². The minimum atomic E-state index is 0.441. The molecule has 0 fully saturated rings. The fourth-order valence-electron chi connectivity index (χ4n) is 2.59. The van der Waals surface area contributed by atoms with E-state index in [2.05, 4.69) is 34.5 Å². The maximum absolute atomic E-state index is 5.70. The van der Waals surface area contributed by atoms with Crippen molar-refractivity contribution in [1.82, 2.24) is 10.2 Å². The Morgan fingerprint density at radius 3 is 3.05 bits per heavy atom. The van der Waals surface area contributed by atoms with Gasteiger partial charge in [0.15, 0.2) is 0 Å². The fourth-order valence-corrected chi connectivity index (χ4v) is 4.07. The maximum atomic E-state index is 5.70. The summed E-state index contributed by atoms with van der Waals surface area (Å²) in [5.41, 5.74) is 2.92. The molecule has 0 aliphatic heterocycles. The lowest BCUT2D eigenvalue weighted by atomic mass is 10.0. The van der Waals surface area contributed by atoms with Crippen LogP contribution in [0.25, 0.3) is 0 Å². The van der Waals surface area contributed by atoms with Gasteiger partial charge in [0, 0.05) is 5.25 Å². The summed E-state index contributed by atoms with van der Waals surface area (Å²) in [7, 11) is 0. The number of fused-ring (bicyclic) bond motifs is 1. The molecule has 1 aliphatic carbocycles. The predicted molar refractivity (Wildman–Crippen MR) is 84.1 cm³/mol. The molecular formula is C15H18N2OS2. The SMILES string of the molecule is CSCc1nnc(S[C@@H]2CCCCc3ccccc32)o1. The van der Waals surface area contributed by atoms with Gasteiger partial charge in [-0.2, -0.15) is 11.8 Å². The van der Waals surface area contributed by atoms with Crippen LogP contribution in [-0.2, 0) is 12.2 Å². The number of aryl methyl sites for hydroxylation is 1. The lowest BCUT2D eigenvalue weighted by Crippen LogP contribution is -1.96. The van der Waals surface area contributed by atoms with Crippen LogP contribution in [0.5, 0.6) is 0 Å². The van der Waals surface area contributed by atoms with E-state index in [0.29, 0.717) is 10.5 Å². The summed E-state index contributed by atoms with van der Waals surface area (Å²) in [5, 5.41) is 9.40. The quantitative estimate of drug-likeness (QED) is 0.778. The Morgan fingerprint density at radius 2 is 2.15 bits per heavy atom. The van der Waals surface area contributed by atoms with E-state index in [4.69, 9.17) is 4.42 Å². The zero-order valence-electron chi connectivity index (χ0n) is 11.5. The molecule has 1 aliphatic rings. The standard InChI is InChI=1S/C15H18N2OS2/c1-19-10-14-16-17-15(18-14)20-13-9-5-3-7-11-6-2-4-8-12(11)13/h2,4,6,8,13H,3,5,7,9-10H2,1H3/t13-/m1/s1. The molecular weight excluding hydrogens is 288 g/mol. The van der Waals surface area contributed by atoms with Gasteiger partial charge < -0.3 is 4.42 Å². The molecule has 1 aromatic carbocycles. The summed E-state index contributed by atoms with van der Waals surface area (Å²) >= 11 is 3.42. The second-order valence-corrected chi connectivity index (χ2v) is 6.97.